The van der Waals surface area contributed by atoms with E-state index in [4.69, 9.17) is 5.73 Å². The Morgan fingerprint density at radius 3 is 2.69 bits per heavy atom. The molecule has 1 saturated heterocycles. The molecule has 1 aromatic carbocycles. The smallest absolute Gasteiger partial charge is 0.324 e. The molecule has 3 amide bonds. The highest BCUT2D eigenvalue weighted by atomic mass is 16.2. The Balaban J connectivity index is 2.14. The first-order chi connectivity index (χ1) is 7.70. The van der Waals surface area contributed by atoms with E-state index in [2.05, 4.69) is 5.32 Å². The molecular formula is C11H13N3O2. The largest absolute Gasteiger partial charge is 0.329 e. The monoisotopic (exact) mass is 219 g/mol. The first kappa shape index (κ1) is 10.6. The summed E-state index contributed by atoms with van der Waals surface area (Å²) in [7, 11) is 0. The SMILES string of the molecule is NCc1cccc(CN2C(=O)CNC2=O)c1. The Hall–Kier alpha value is -1.88. The fraction of sp³-hybridized carbons (Fsp3) is 0.273. The van der Waals surface area contributed by atoms with Crippen molar-refractivity contribution in [3.8, 4) is 0 Å². The maximum atomic E-state index is 11.4. The van der Waals surface area contributed by atoms with Crippen LogP contribution in [0.15, 0.2) is 24.3 Å². The number of carbonyl (C=O) groups is 2. The van der Waals surface area contributed by atoms with Crippen LogP contribution in [-0.2, 0) is 17.9 Å². The van der Waals surface area contributed by atoms with Crippen molar-refractivity contribution in [1.82, 2.24) is 10.2 Å². The van der Waals surface area contributed by atoms with E-state index in [1.54, 1.807) is 0 Å². The Bertz CT molecular complexity index is 415. The van der Waals surface area contributed by atoms with Crippen LogP contribution in [0.3, 0.4) is 0 Å². The summed E-state index contributed by atoms with van der Waals surface area (Å²) in [5, 5.41) is 2.48. The molecule has 3 N–H and O–H groups in total. The first-order valence-electron chi connectivity index (χ1n) is 5.07. The molecule has 5 nitrogen and oxygen atoms in total. The molecule has 84 valence electrons. The van der Waals surface area contributed by atoms with Gasteiger partial charge < -0.3 is 11.1 Å². The topological polar surface area (TPSA) is 75.4 Å². The van der Waals surface area contributed by atoms with Crippen LogP contribution >= 0.6 is 0 Å². The van der Waals surface area contributed by atoms with Crippen LogP contribution in [0.1, 0.15) is 11.1 Å². The quantitative estimate of drug-likeness (QED) is 0.713. The number of benzene rings is 1. The van der Waals surface area contributed by atoms with Gasteiger partial charge in [0.05, 0.1) is 13.1 Å². The molecule has 5 heteroatoms. The third kappa shape index (κ3) is 2.04. The van der Waals surface area contributed by atoms with Gasteiger partial charge in [0.1, 0.15) is 0 Å². The van der Waals surface area contributed by atoms with E-state index in [1.807, 2.05) is 24.3 Å². The summed E-state index contributed by atoms with van der Waals surface area (Å²) in [6.07, 6.45) is 0. The van der Waals surface area contributed by atoms with Gasteiger partial charge in [-0.25, -0.2) is 4.79 Å². The maximum Gasteiger partial charge on any atom is 0.324 e. The van der Waals surface area contributed by atoms with E-state index in [0.29, 0.717) is 13.1 Å². The molecule has 0 saturated carbocycles. The van der Waals surface area contributed by atoms with Gasteiger partial charge in [-0.05, 0) is 11.1 Å². The van der Waals surface area contributed by atoms with E-state index in [0.717, 1.165) is 11.1 Å². The van der Waals surface area contributed by atoms with Crippen molar-refractivity contribution < 1.29 is 9.59 Å². The van der Waals surface area contributed by atoms with E-state index in [9.17, 15) is 9.59 Å². The molecular weight excluding hydrogens is 206 g/mol. The van der Waals surface area contributed by atoms with E-state index >= 15 is 0 Å². The molecule has 0 aromatic heterocycles. The van der Waals surface area contributed by atoms with Crippen LogP contribution in [0.5, 0.6) is 0 Å². The third-order valence-electron chi connectivity index (χ3n) is 2.50. The molecule has 1 fully saturated rings. The highest BCUT2D eigenvalue weighted by molar-refractivity contribution is 6.01. The number of nitrogens with one attached hydrogen (secondary N) is 1. The Kier molecular flexibility index (Phi) is 2.87. The fourth-order valence-electron chi connectivity index (χ4n) is 1.65. The lowest BCUT2D eigenvalue weighted by Crippen LogP contribution is -2.30. The second kappa shape index (κ2) is 4.32. The highest BCUT2D eigenvalue weighted by Gasteiger charge is 2.28. The molecule has 1 heterocycles. The highest BCUT2D eigenvalue weighted by Crippen LogP contribution is 2.10. The summed E-state index contributed by atoms with van der Waals surface area (Å²) in [5.41, 5.74) is 7.42. The number of amides is 3. The molecule has 16 heavy (non-hydrogen) atoms. The predicted molar refractivity (Wildman–Crippen MR) is 58.3 cm³/mol. The van der Waals surface area contributed by atoms with Crippen molar-refractivity contribution in [1.29, 1.82) is 0 Å². The third-order valence-corrected chi connectivity index (χ3v) is 2.50. The van der Waals surface area contributed by atoms with Crippen molar-refractivity contribution in [3.63, 3.8) is 0 Å². The van der Waals surface area contributed by atoms with Crippen LogP contribution in [-0.4, -0.2) is 23.4 Å². The van der Waals surface area contributed by atoms with Crippen LogP contribution in [0, 0.1) is 0 Å². The van der Waals surface area contributed by atoms with E-state index in [1.165, 1.54) is 4.90 Å². The number of hydrogen-bond donors (Lipinski definition) is 2. The molecule has 1 aromatic rings. The summed E-state index contributed by atoms with van der Waals surface area (Å²) in [5.74, 6) is -0.192. The van der Waals surface area contributed by atoms with Gasteiger partial charge in [-0.3, -0.25) is 9.69 Å². The Morgan fingerprint density at radius 2 is 2.06 bits per heavy atom. The van der Waals surface area contributed by atoms with Gasteiger partial charge in [0, 0.05) is 6.54 Å². The lowest BCUT2D eigenvalue weighted by molar-refractivity contribution is -0.125. The summed E-state index contributed by atoms with van der Waals surface area (Å²) in [4.78, 5) is 23.9. The molecule has 1 aliphatic rings. The van der Waals surface area contributed by atoms with Gasteiger partial charge in [-0.15, -0.1) is 0 Å². The van der Waals surface area contributed by atoms with Gasteiger partial charge in [-0.1, -0.05) is 24.3 Å². The zero-order chi connectivity index (χ0) is 11.5. The van der Waals surface area contributed by atoms with Crippen molar-refractivity contribution in [2.24, 2.45) is 5.73 Å². The number of hydrogen-bond acceptors (Lipinski definition) is 3. The van der Waals surface area contributed by atoms with Gasteiger partial charge in [-0.2, -0.15) is 0 Å². The second-order valence-electron chi connectivity index (χ2n) is 3.66. The summed E-state index contributed by atoms with van der Waals surface area (Å²) >= 11 is 0. The summed E-state index contributed by atoms with van der Waals surface area (Å²) in [6, 6.07) is 7.23. The van der Waals surface area contributed by atoms with Crippen molar-refractivity contribution in [2.75, 3.05) is 6.54 Å². The Morgan fingerprint density at radius 1 is 1.31 bits per heavy atom. The molecule has 0 atom stereocenters. The molecule has 2 rings (SSSR count). The molecule has 0 radical (unpaired) electrons. The van der Waals surface area contributed by atoms with Gasteiger partial charge in [0.2, 0.25) is 5.91 Å². The molecule has 1 aliphatic heterocycles. The molecule has 0 bridgehead atoms. The van der Waals surface area contributed by atoms with Crippen LogP contribution in [0.2, 0.25) is 0 Å². The van der Waals surface area contributed by atoms with Gasteiger partial charge in [0.25, 0.3) is 0 Å². The average Bonchev–Trinajstić information content (AvgIpc) is 2.61. The Labute approximate surface area is 93.2 Å². The van der Waals surface area contributed by atoms with Crippen LogP contribution < -0.4 is 11.1 Å². The summed E-state index contributed by atoms with van der Waals surface area (Å²) in [6.45, 7) is 0.849. The van der Waals surface area contributed by atoms with Crippen molar-refractivity contribution >= 4 is 11.9 Å². The number of carbonyl (C=O) groups excluding carboxylic acids is 2. The predicted octanol–water partition coefficient (Wildman–Crippen LogP) is 0.197. The van der Waals surface area contributed by atoms with E-state index < -0.39 is 0 Å². The molecule has 0 aliphatic carbocycles. The zero-order valence-electron chi connectivity index (χ0n) is 8.77. The number of nitrogens with zero attached hydrogens (tertiary/aromatic N) is 1. The minimum atomic E-state index is -0.330. The lowest BCUT2D eigenvalue weighted by Gasteiger charge is -2.12. The maximum absolute atomic E-state index is 11.4. The number of imide groups is 1. The number of urea groups is 1. The van der Waals surface area contributed by atoms with Gasteiger partial charge >= 0.3 is 6.03 Å². The van der Waals surface area contributed by atoms with Crippen LogP contribution in [0.25, 0.3) is 0 Å². The minimum absolute atomic E-state index is 0.0927. The normalized spacial score (nSPS) is 15.4. The first-order valence-corrected chi connectivity index (χ1v) is 5.07. The molecule has 0 unspecified atom stereocenters. The molecule has 0 spiro atoms. The number of rotatable bonds is 3. The summed E-state index contributed by atoms with van der Waals surface area (Å²) < 4.78 is 0. The lowest BCUT2D eigenvalue weighted by atomic mass is 10.1. The van der Waals surface area contributed by atoms with Crippen LogP contribution in [0.4, 0.5) is 4.79 Å². The minimum Gasteiger partial charge on any atom is -0.329 e. The zero-order valence-corrected chi connectivity index (χ0v) is 8.77. The van der Waals surface area contributed by atoms with Crippen molar-refractivity contribution in [2.45, 2.75) is 13.1 Å². The standard InChI is InChI=1S/C11H13N3O2/c12-5-8-2-1-3-9(4-8)7-14-10(15)6-13-11(14)16/h1-4H,5-7,12H2,(H,13,16). The van der Waals surface area contributed by atoms with Gasteiger partial charge in [0.15, 0.2) is 0 Å². The average molecular weight is 219 g/mol. The number of nitrogens with two attached hydrogens (primary N) is 1. The van der Waals surface area contributed by atoms with Crippen molar-refractivity contribution in [3.05, 3.63) is 35.4 Å². The van der Waals surface area contributed by atoms with E-state index in [-0.39, 0.29) is 18.5 Å². The fourth-order valence-corrected chi connectivity index (χ4v) is 1.65. The second-order valence-corrected chi connectivity index (χ2v) is 3.66.